The van der Waals surface area contributed by atoms with Crippen molar-refractivity contribution in [2.45, 2.75) is 52.6 Å². The van der Waals surface area contributed by atoms with Crippen molar-refractivity contribution in [1.82, 2.24) is 10.2 Å². The van der Waals surface area contributed by atoms with E-state index in [1.807, 2.05) is 50.8 Å². The Bertz CT molecular complexity index is 611. The highest BCUT2D eigenvalue weighted by molar-refractivity contribution is 5.97. The van der Waals surface area contributed by atoms with Gasteiger partial charge in [0.25, 0.3) is 5.91 Å². The van der Waals surface area contributed by atoms with Crippen molar-refractivity contribution < 1.29 is 9.59 Å². The number of nitrogens with one attached hydrogen (secondary N) is 1. The van der Waals surface area contributed by atoms with Crippen LogP contribution in [0.4, 0.5) is 0 Å². The van der Waals surface area contributed by atoms with Crippen LogP contribution in [0.2, 0.25) is 0 Å². The summed E-state index contributed by atoms with van der Waals surface area (Å²) in [4.78, 5) is 27.3. The molecule has 3 N–H and O–H groups in total. The summed E-state index contributed by atoms with van der Waals surface area (Å²) in [6.45, 7) is 9.34. The number of aryl methyl sites for hydroxylation is 1. The van der Waals surface area contributed by atoms with Crippen LogP contribution in [-0.2, 0) is 4.79 Å². The lowest BCUT2D eigenvalue weighted by atomic mass is 9.90. The number of halogens is 1. The number of piperidine rings is 1. The maximum absolute atomic E-state index is 12.9. The van der Waals surface area contributed by atoms with Crippen molar-refractivity contribution in [2.24, 2.45) is 17.6 Å². The van der Waals surface area contributed by atoms with Crippen LogP contribution in [0.25, 0.3) is 0 Å². The fourth-order valence-corrected chi connectivity index (χ4v) is 3.37. The van der Waals surface area contributed by atoms with E-state index in [0.717, 1.165) is 18.4 Å². The molecule has 26 heavy (non-hydrogen) atoms. The topological polar surface area (TPSA) is 75.4 Å². The average Bonchev–Trinajstić information content (AvgIpc) is 2.58. The van der Waals surface area contributed by atoms with E-state index >= 15 is 0 Å². The fourth-order valence-electron chi connectivity index (χ4n) is 3.37. The van der Waals surface area contributed by atoms with Gasteiger partial charge in [-0.05, 0) is 50.7 Å². The van der Waals surface area contributed by atoms with Gasteiger partial charge >= 0.3 is 0 Å². The number of amides is 2. The number of carbonyl (C=O) groups excluding carboxylic acids is 2. The monoisotopic (exact) mass is 381 g/mol. The molecule has 2 unspecified atom stereocenters. The molecule has 2 rings (SSSR count). The predicted molar refractivity (Wildman–Crippen MR) is 107 cm³/mol. The Morgan fingerprint density at radius 3 is 2.31 bits per heavy atom. The normalized spacial score (nSPS) is 17.4. The Morgan fingerprint density at radius 1 is 1.19 bits per heavy atom. The highest BCUT2D eigenvalue weighted by Crippen LogP contribution is 2.21. The van der Waals surface area contributed by atoms with Gasteiger partial charge in [0.2, 0.25) is 5.91 Å². The third kappa shape index (κ3) is 5.71. The molecule has 1 fully saturated rings. The molecule has 0 bridgehead atoms. The standard InChI is InChI=1S/C20H31N3O2.ClH/c1-13(2)18(22-19(24)17-7-5-6-14(3)12-17)20(25)23-10-8-16(9-11-23)15(4)21;/h5-7,12-13,15-16,18H,8-11,21H2,1-4H3,(H,22,24);1H. The van der Waals surface area contributed by atoms with Gasteiger partial charge in [-0.2, -0.15) is 0 Å². The maximum Gasteiger partial charge on any atom is 0.251 e. The molecule has 1 saturated heterocycles. The van der Waals surface area contributed by atoms with Crippen LogP contribution in [0, 0.1) is 18.8 Å². The first-order valence-electron chi connectivity index (χ1n) is 9.21. The Kier molecular flexibility index (Phi) is 8.57. The summed E-state index contributed by atoms with van der Waals surface area (Å²) in [5.41, 5.74) is 7.60. The molecular weight excluding hydrogens is 350 g/mol. The van der Waals surface area contributed by atoms with E-state index in [-0.39, 0.29) is 36.2 Å². The largest absolute Gasteiger partial charge is 0.341 e. The quantitative estimate of drug-likeness (QED) is 0.823. The molecule has 0 aliphatic carbocycles. The SMILES string of the molecule is Cc1cccc(C(=O)NC(C(=O)N2CCC(C(C)N)CC2)C(C)C)c1.Cl. The van der Waals surface area contributed by atoms with E-state index in [4.69, 9.17) is 5.73 Å². The molecule has 2 amide bonds. The van der Waals surface area contributed by atoms with Crippen LogP contribution in [0.1, 0.15) is 49.5 Å². The minimum absolute atomic E-state index is 0. The van der Waals surface area contributed by atoms with Crippen molar-refractivity contribution in [3.63, 3.8) is 0 Å². The number of benzene rings is 1. The smallest absolute Gasteiger partial charge is 0.251 e. The number of carbonyl (C=O) groups is 2. The first-order chi connectivity index (χ1) is 11.8. The molecule has 1 heterocycles. The number of likely N-dealkylation sites (tertiary alicyclic amines) is 1. The van der Waals surface area contributed by atoms with Gasteiger partial charge in [-0.1, -0.05) is 31.5 Å². The van der Waals surface area contributed by atoms with Gasteiger partial charge in [0, 0.05) is 24.7 Å². The predicted octanol–water partition coefficient (Wildman–Crippen LogP) is 2.76. The van der Waals surface area contributed by atoms with E-state index in [1.165, 1.54) is 0 Å². The maximum atomic E-state index is 12.9. The molecule has 2 atom stereocenters. The summed E-state index contributed by atoms with van der Waals surface area (Å²) in [5, 5.41) is 2.94. The van der Waals surface area contributed by atoms with Gasteiger partial charge < -0.3 is 16.0 Å². The number of nitrogens with two attached hydrogens (primary N) is 1. The molecule has 1 aromatic carbocycles. The van der Waals surface area contributed by atoms with Crippen LogP contribution in [0.3, 0.4) is 0 Å². The number of hydrogen-bond donors (Lipinski definition) is 2. The highest BCUT2D eigenvalue weighted by Gasteiger charge is 2.32. The molecule has 0 spiro atoms. The second kappa shape index (κ2) is 9.93. The molecule has 146 valence electrons. The summed E-state index contributed by atoms with van der Waals surface area (Å²) in [6.07, 6.45) is 1.86. The molecule has 1 aromatic rings. The van der Waals surface area contributed by atoms with Crippen LogP contribution < -0.4 is 11.1 Å². The van der Waals surface area contributed by atoms with Crippen molar-refractivity contribution in [3.05, 3.63) is 35.4 Å². The second-order valence-electron chi connectivity index (χ2n) is 7.59. The van der Waals surface area contributed by atoms with E-state index in [2.05, 4.69) is 5.32 Å². The van der Waals surface area contributed by atoms with Gasteiger partial charge in [-0.25, -0.2) is 0 Å². The highest BCUT2D eigenvalue weighted by atomic mass is 35.5. The Balaban J connectivity index is 0.00000338. The third-order valence-corrected chi connectivity index (χ3v) is 5.09. The average molecular weight is 382 g/mol. The zero-order valence-corrected chi connectivity index (χ0v) is 17.0. The van der Waals surface area contributed by atoms with Crippen molar-refractivity contribution in [3.8, 4) is 0 Å². The summed E-state index contributed by atoms with van der Waals surface area (Å²) in [7, 11) is 0. The minimum Gasteiger partial charge on any atom is -0.341 e. The zero-order chi connectivity index (χ0) is 18.6. The first-order valence-corrected chi connectivity index (χ1v) is 9.21. The van der Waals surface area contributed by atoms with Crippen LogP contribution in [0.15, 0.2) is 24.3 Å². The summed E-state index contributed by atoms with van der Waals surface area (Å²) >= 11 is 0. The second-order valence-corrected chi connectivity index (χ2v) is 7.59. The molecular formula is C20H32ClN3O2. The van der Waals surface area contributed by atoms with Crippen molar-refractivity contribution in [2.75, 3.05) is 13.1 Å². The molecule has 1 aliphatic heterocycles. The van der Waals surface area contributed by atoms with E-state index < -0.39 is 6.04 Å². The fraction of sp³-hybridized carbons (Fsp3) is 0.600. The lowest BCUT2D eigenvalue weighted by molar-refractivity contribution is -0.135. The third-order valence-electron chi connectivity index (χ3n) is 5.09. The number of rotatable bonds is 5. The minimum atomic E-state index is -0.500. The number of hydrogen-bond acceptors (Lipinski definition) is 3. The Labute approximate surface area is 163 Å². The first kappa shape index (κ1) is 22.5. The van der Waals surface area contributed by atoms with Crippen molar-refractivity contribution in [1.29, 1.82) is 0 Å². The zero-order valence-electron chi connectivity index (χ0n) is 16.2. The van der Waals surface area contributed by atoms with Gasteiger partial charge in [-0.15, -0.1) is 12.4 Å². The van der Waals surface area contributed by atoms with E-state index in [1.54, 1.807) is 6.07 Å². The van der Waals surface area contributed by atoms with Gasteiger partial charge in [0.15, 0.2) is 0 Å². The molecule has 0 radical (unpaired) electrons. The van der Waals surface area contributed by atoms with Crippen LogP contribution in [0.5, 0.6) is 0 Å². The molecule has 1 aliphatic rings. The number of nitrogens with zero attached hydrogens (tertiary/aromatic N) is 1. The Morgan fingerprint density at radius 2 is 1.81 bits per heavy atom. The Hall–Kier alpha value is -1.59. The van der Waals surface area contributed by atoms with E-state index in [0.29, 0.717) is 24.6 Å². The van der Waals surface area contributed by atoms with Gasteiger partial charge in [0.05, 0.1) is 0 Å². The van der Waals surface area contributed by atoms with Crippen LogP contribution >= 0.6 is 12.4 Å². The molecule has 5 nitrogen and oxygen atoms in total. The van der Waals surface area contributed by atoms with Gasteiger partial charge in [-0.3, -0.25) is 9.59 Å². The molecule has 6 heteroatoms. The lowest BCUT2D eigenvalue weighted by Crippen LogP contribution is -2.53. The molecule has 0 saturated carbocycles. The lowest BCUT2D eigenvalue weighted by Gasteiger charge is -2.36. The summed E-state index contributed by atoms with van der Waals surface area (Å²) in [6, 6.07) is 7.09. The van der Waals surface area contributed by atoms with Crippen LogP contribution in [-0.4, -0.2) is 41.9 Å². The van der Waals surface area contributed by atoms with Crippen molar-refractivity contribution >= 4 is 24.2 Å². The summed E-state index contributed by atoms with van der Waals surface area (Å²) < 4.78 is 0. The van der Waals surface area contributed by atoms with Gasteiger partial charge in [0.1, 0.15) is 6.04 Å². The van der Waals surface area contributed by atoms with E-state index in [9.17, 15) is 9.59 Å². The molecule has 0 aromatic heterocycles. The summed E-state index contributed by atoms with van der Waals surface area (Å²) in [5.74, 6) is 0.330.